The number of carbonyl (C=O) groups excluding carboxylic acids is 1. The summed E-state index contributed by atoms with van der Waals surface area (Å²) in [6.07, 6.45) is -0.993. The lowest BCUT2D eigenvalue weighted by Gasteiger charge is -2.35. The van der Waals surface area contributed by atoms with Crippen molar-refractivity contribution < 1.29 is 22.7 Å². The number of benzene rings is 1. The average Bonchev–Trinajstić information content (AvgIpc) is 3.30. The molecule has 2 fully saturated rings. The molecule has 1 heterocycles. The van der Waals surface area contributed by atoms with Crippen LogP contribution in [0.4, 0.5) is 18.9 Å². The lowest BCUT2D eigenvalue weighted by atomic mass is 10.0. The molecule has 0 spiro atoms. The first-order valence-corrected chi connectivity index (χ1v) is 7.82. The second kappa shape index (κ2) is 6.29. The monoisotopic (exact) mass is 328 g/mol. The van der Waals surface area contributed by atoms with Gasteiger partial charge in [-0.3, -0.25) is 4.79 Å². The highest BCUT2D eigenvalue weighted by molar-refractivity contribution is 5.81. The largest absolute Gasteiger partial charge is 0.573 e. The molecule has 23 heavy (non-hydrogen) atoms. The molecular formula is C16H19F3N2O2. The van der Waals surface area contributed by atoms with E-state index in [1.54, 1.807) is 12.1 Å². The van der Waals surface area contributed by atoms with Crippen molar-refractivity contribution in [3.8, 4) is 5.75 Å². The van der Waals surface area contributed by atoms with Gasteiger partial charge in [-0.25, -0.2) is 0 Å². The van der Waals surface area contributed by atoms with Gasteiger partial charge in [-0.1, -0.05) is 6.07 Å². The third-order valence-corrected chi connectivity index (χ3v) is 4.13. The third-order valence-electron chi connectivity index (χ3n) is 4.13. The minimum Gasteiger partial charge on any atom is -0.406 e. The van der Waals surface area contributed by atoms with Crippen molar-refractivity contribution in [1.29, 1.82) is 0 Å². The number of hydrogen-bond donors (Lipinski definition) is 1. The zero-order valence-electron chi connectivity index (χ0n) is 12.6. The molecule has 0 aromatic heterocycles. The Labute approximate surface area is 132 Å². The van der Waals surface area contributed by atoms with Gasteiger partial charge in [-0.05, 0) is 37.8 Å². The van der Waals surface area contributed by atoms with Crippen molar-refractivity contribution in [2.24, 2.45) is 5.92 Å². The number of piperidine rings is 1. The van der Waals surface area contributed by atoms with E-state index < -0.39 is 6.36 Å². The topological polar surface area (TPSA) is 41.6 Å². The van der Waals surface area contributed by atoms with Crippen LogP contribution in [0.2, 0.25) is 0 Å². The summed E-state index contributed by atoms with van der Waals surface area (Å²) in [5.74, 6) is 0.0408. The zero-order valence-corrected chi connectivity index (χ0v) is 12.6. The normalized spacial score (nSPS) is 21.9. The van der Waals surface area contributed by atoms with Crippen molar-refractivity contribution in [2.45, 2.75) is 38.1 Å². The summed E-state index contributed by atoms with van der Waals surface area (Å²) < 4.78 is 40.9. The number of amides is 1. The van der Waals surface area contributed by atoms with Gasteiger partial charge < -0.3 is 15.0 Å². The van der Waals surface area contributed by atoms with Crippen LogP contribution in [-0.4, -0.2) is 31.4 Å². The van der Waals surface area contributed by atoms with E-state index >= 15 is 0 Å². The van der Waals surface area contributed by atoms with Gasteiger partial charge in [0.2, 0.25) is 5.91 Å². The van der Waals surface area contributed by atoms with E-state index in [1.165, 1.54) is 12.1 Å². The Hall–Kier alpha value is -1.92. The SMILES string of the molecule is O=C(N[C@H]1CCCN(c2cccc(OC(F)(F)F)c2)C1)C1CC1. The highest BCUT2D eigenvalue weighted by Gasteiger charge is 2.33. The van der Waals surface area contributed by atoms with Crippen molar-refractivity contribution >= 4 is 11.6 Å². The fourth-order valence-electron chi connectivity index (χ4n) is 2.87. The number of carbonyl (C=O) groups is 1. The molecule has 0 bridgehead atoms. The van der Waals surface area contributed by atoms with Crippen LogP contribution in [0, 0.1) is 5.92 Å². The fraction of sp³-hybridized carbons (Fsp3) is 0.562. The van der Waals surface area contributed by atoms with Gasteiger partial charge in [-0.15, -0.1) is 13.2 Å². The summed E-state index contributed by atoms with van der Waals surface area (Å²) >= 11 is 0. The molecule has 1 aromatic carbocycles. The van der Waals surface area contributed by atoms with E-state index in [9.17, 15) is 18.0 Å². The lowest BCUT2D eigenvalue weighted by molar-refractivity contribution is -0.274. The van der Waals surface area contributed by atoms with Gasteiger partial charge >= 0.3 is 6.36 Å². The van der Waals surface area contributed by atoms with Crippen LogP contribution in [0.1, 0.15) is 25.7 Å². The minimum absolute atomic E-state index is 0.0454. The average molecular weight is 328 g/mol. The van der Waals surface area contributed by atoms with Crippen molar-refractivity contribution in [1.82, 2.24) is 5.32 Å². The van der Waals surface area contributed by atoms with E-state index in [4.69, 9.17) is 0 Å². The van der Waals surface area contributed by atoms with Gasteiger partial charge in [0.05, 0.1) is 0 Å². The Balaban J connectivity index is 1.63. The van der Waals surface area contributed by atoms with E-state index in [2.05, 4.69) is 10.1 Å². The Morgan fingerprint density at radius 2 is 2.04 bits per heavy atom. The van der Waals surface area contributed by atoms with E-state index in [-0.39, 0.29) is 23.6 Å². The molecule has 1 saturated carbocycles. The first-order valence-electron chi connectivity index (χ1n) is 7.82. The number of halogens is 3. The number of rotatable bonds is 4. The number of hydrogen-bond acceptors (Lipinski definition) is 3. The smallest absolute Gasteiger partial charge is 0.406 e. The van der Waals surface area contributed by atoms with Gasteiger partial charge in [0, 0.05) is 36.8 Å². The molecule has 3 rings (SSSR count). The van der Waals surface area contributed by atoms with Crippen LogP contribution in [0.3, 0.4) is 0 Å². The Morgan fingerprint density at radius 1 is 1.26 bits per heavy atom. The summed E-state index contributed by atoms with van der Waals surface area (Å²) in [7, 11) is 0. The lowest BCUT2D eigenvalue weighted by Crippen LogP contribution is -2.48. The van der Waals surface area contributed by atoms with E-state index in [0.717, 1.165) is 32.2 Å². The summed E-state index contributed by atoms with van der Waals surface area (Å²) in [4.78, 5) is 13.8. The van der Waals surface area contributed by atoms with Gasteiger partial charge in [0.25, 0.3) is 0 Å². The molecular weight excluding hydrogens is 309 g/mol. The molecule has 126 valence electrons. The maximum absolute atomic E-state index is 12.3. The predicted octanol–water partition coefficient (Wildman–Crippen LogP) is 3.08. The molecule has 1 amide bonds. The highest BCUT2D eigenvalue weighted by atomic mass is 19.4. The Bertz CT molecular complexity index is 573. The molecule has 1 aliphatic heterocycles. The van der Waals surface area contributed by atoms with Crippen molar-refractivity contribution in [2.75, 3.05) is 18.0 Å². The number of ether oxygens (including phenoxy) is 1. The second-order valence-electron chi connectivity index (χ2n) is 6.11. The Kier molecular flexibility index (Phi) is 4.37. The second-order valence-corrected chi connectivity index (χ2v) is 6.11. The molecule has 1 aliphatic carbocycles. The van der Waals surface area contributed by atoms with Crippen molar-refractivity contribution in [3.63, 3.8) is 0 Å². The molecule has 0 unspecified atom stereocenters. The maximum atomic E-state index is 12.3. The maximum Gasteiger partial charge on any atom is 0.573 e. The summed E-state index contributed by atoms with van der Waals surface area (Å²) in [5, 5.41) is 3.04. The van der Waals surface area contributed by atoms with Gasteiger partial charge in [0.1, 0.15) is 5.75 Å². The molecule has 1 N–H and O–H groups in total. The van der Waals surface area contributed by atoms with Gasteiger partial charge in [-0.2, -0.15) is 0 Å². The highest BCUT2D eigenvalue weighted by Crippen LogP contribution is 2.30. The molecule has 1 aromatic rings. The number of anilines is 1. The first-order chi connectivity index (χ1) is 10.9. The summed E-state index contributed by atoms with van der Waals surface area (Å²) in [5.41, 5.74) is 0.678. The molecule has 0 radical (unpaired) electrons. The molecule has 4 nitrogen and oxygen atoms in total. The van der Waals surface area contributed by atoms with Crippen LogP contribution < -0.4 is 15.0 Å². The summed E-state index contributed by atoms with van der Waals surface area (Å²) in [6, 6.07) is 6.02. The predicted molar refractivity (Wildman–Crippen MR) is 79.2 cm³/mol. The molecule has 7 heteroatoms. The van der Waals surface area contributed by atoms with Gasteiger partial charge in [0.15, 0.2) is 0 Å². The van der Waals surface area contributed by atoms with Crippen LogP contribution in [-0.2, 0) is 4.79 Å². The van der Waals surface area contributed by atoms with Crippen molar-refractivity contribution in [3.05, 3.63) is 24.3 Å². The third kappa shape index (κ3) is 4.53. The number of alkyl halides is 3. The first kappa shape index (κ1) is 16.0. The van der Waals surface area contributed by atoms with Crippen LogP contribution in [0.25, 0.3) is 0 Å². The summed E-state index contributed by atoms with van der Waals surface area (Å²) in [6.45, 7) is 1.36. The quantitative estimate of drug-likeness (QED) is 0.923. The number of nitrogens with zero attached hydrogens (tertiary/aromatic N) is 1. The van der Waals surface area contributed by atoms with Crippen LogP contribution in [0.5, 0.6) is 5.75 Å². The van der Waals surface area contributed by atoms with Crippen LogP contribution >= 0.6 is 0 Å². The molecule has 1 atom stereocenters. The van der Waals surface area contributed by atoms with E-state index in [0.29, 0.717) is 12.2 Å². The number of nitrogens with one attached hydrogen (secondary N) is 1. The van der Waals surface area contributed by atoms with Crippen LogP contribution in [0.15, 0.2) is 24.3 Å². The minimum atomic E-state index is -4.69. The van der Waals surface area contributed by atoms with E-state index in [1.807, 2.05) is 4.90 Å². The standard InChI is InChI=1S/C16H19F3N2O2/c17-16(18,19)23-14-5-1-4-13(9-14)21-8-2-3-12(10-21)20-15(22)11-6-7-11/h1,4-5,9,11-12H,2-3,6-8,10H2,(H,20,22)/t12-/m0/s1. The Morgan fingerprint density at radius 3 is 2.74 bits per heavy atom. The fourth-order valence-corrected chi connectivity index (χ4v) is 2.87. The molecule has 2 aliphatic rings. The molecule has 1 saturated heterocycles. The zero-order chi connectivity index (χ0) is 16.4.